The van der Waals surface area contributed by atoms with Crippen molar-refractivity contribution < 1.29 is 4.21 Å². The Morgan fingerprint density at radius 1 is 1.56 bits per heavy atom. The van der Waals surface area contributed by atoms with Crippen LogP contribution in [0.25, 0.3) is 0 Å². The second-order valence-electron chi connectivity index (χ2n) is 1.50. The first-order valence-corrected chi connectivity index (χ1v) is 4.38. The van der Waals surface area contributed by atoms with Gasteiger partial charge in [-0.1, -0.05) is 0 Å². The summed E-state index contributed by atoms with van der Waals surface area (Å²) in [6.45, 7) is 0. The van der Waals surface area contributed by atoms with E-state index >= 15 is 0 Å². The van der Waals surface area contributed by atoms with Crippen LogP contribution in [0, 0.1) is 0 Å². The van der Waals surface area contributed by atoms with Gasteiger partial charge in [-0.3, -0.25) is 4.21 Å². The topological polar surface area (TPSA) is 45.8 Å². The molecule has 4 heteroatoms. The van der Waals surface area contributed by atoms with Crippen LogP contribution in [0.15, 0.2) is 18.7 Å². The minimum atomic E-state index is -0.611. The molecule has 1 aromatic heterocycles. The maximum absolute atomic E-state index is 9.56. The zero-order chi connectivity index (χ0) is 7.11. The smallest absolute Gasteiger partial charge is 0.0919 e. The van der Waals surface area contributed by atoms with Crippen LogP contribution in [-0.2, 0) is 10.8 Å². The van der Waals surface area contributed by atoms with E-state index in [1.165, 1.54) is 0 Å². The fraction of sp³-hybridized carbons (Fsp3) is 0.400. The third-order valence-electron chi connectivity index (χ3n) is 0.406. The summed E-state index contributed by atoms with van der Waals surface area (Å²) in [5.41, 5.74) is 0. The van der Waals surface area contributed by atoms with Gasteiger partial charge in [-0.05, 0) is 0 Å². The van der Waals surface area contributed by atoms with Gasteiger partial charge in [0.05, 0.1) is 6.33 Å². The molecule has 9 heavy (non-hydrogen) atoms. The van der Waals surface area contributed by atoms with Crippen molar-refractivity contribution in [1.82, 2.24) is 9.97 Å². The van der Waals surface area contributed by atoms with E-state index in [-0.39, 0.29) is 0 Å². The first-order chi connectivity index (χ1) is 4.23. The van der Waals surface area contributed by atoms with Gasteiger partial charge in [0.15, 0.2) is 0 Å². The van der Waals surface area contributed by atoms with Gasteiger partial charge in [-0.2, -0.15) is 0 Å². The molecule has 0 amide bonds. The average Bonchev–Trinajstić information content (AvgIpc) is 2.11. The highest BCUT2D eigenvalue weighted by molar-refractivity contribution is 7.83. The summed E-state index contributed by atoms with van der Waals surface area (Å²) in [7, 11) is -0.611. The Morgan fingerprint density at radius 2 is 2.11 bits per heavy atom. The maximum atomic E-state index is 9.56. The lowest BCUT2D eigenvalue weighted by molar-refractivity contribution is 0.690. The largest absolute Gasteiger partial charge is 0.351 e. The Hall–Kier alpha value is -0.640. The molecule has 0 bridgehead atoms. The number of nitrogens with zero attached hydrogens (tertiary/aromatic N) is 1. The zero-order valence-corrected chi connectivity index (χ0v) is 6.31. The lowest BCUT2D eigenvalue weighted by Gasteiger charge is -1.60. The summed E-state index contributed by atoms with van der Waals surface area (Å²) in [6.07, 6.45) is 8.36. The summed E-state index contributed by atoms with van der Waals surface area (Å²) in [4.78, 5) is 6.42. The molecule has 1 heterocycles. The molecule has 1 rings (SSSR count). The molecule has 0 spiro atoms. The van der Waals surface area contributed by atoms with Crippen LogP contribution >= 0.6 is 0 Å². The third-order valence-corrected chi connectivity index (χ3v) is 0.406. The first kappa shape index (κ1) is 8.36. The van der Waals surface area contributed by atoms with E-state index in [1.54, 1.807) is 31.2 Å². The Bertz CT molecular complexity index is 129. The molecular weight excluding hydrogens is 136 g/mol. The van der Waals surface area contributed by atoms with Crippen molar-refractivity contribution in [2.75, 3.05) is 12.5 Å². The van der Waals surface area contributed by atoms with E-state index < -0.39 is 10.8 Å². The molecule has 0 aromatic carbocycles. The van der Waals surface area contributed by atoms with Gasteiger partial charge in [0, 0.05) is 35.7 Å². The monoisotopic (exact) mass is 146 g/mol. The Morgan fingerprint density at radius 3 is 2.22 bits per heavy atom. The molecule has 0 saturated heterocycles. The normalized spacial score (nSPS) is 8.33. The average molecular weight is 146 g/mol. The van der Waals surface area contributed by atoms with Crippen molar-refractivity contribution in [3.63, 3.8) is 0 Å². The predicted octanol–water partition coefficient (Wildman–Crippen LogP) is 0.404. The van der Waals surface area contributed by atoms with Crippen molar-refractivity contribution in [3.05, 3.63) is 18.7 Å². The summed E-state index contributed by atoms with van der Waals surface area (Å²) >= 11 is 0. The lowest BCUT2D eigenvalue weighted by Crippen LogP contribution is -1.70. The molecular formula is C5H10N2OS. The number of hydrogen-bond acceptors (Lipinski definition) is 2. The SMILES string of the molecule is CS(C)=O.c1c[nH]cn1. The molecule has 0 atom stereocenters. The number of nitrogens with one attached hydrogen (secondary N) is 1. The molecule has 3 nitrogen and oxygen atoms in total. The number of aromatic amines is 1. The Balaban J connectivity index is 0.000000148. The number of H-pyrrole nitrogens is 1. The molecule has 0 saturated carbocycles. The van der Waals surface area contributed by atoms with Crippen LogP contribution < -0.4 is 0 Å². The van der Waals surface area contributed by atoms with Gasteiger partial charge in [-0.25, -0.2) is 4.98 Å². The van der Waals surface area contributed by atoms with E-state index in [9.17, 15) is 4.21 Å². The minimum absolute atomic E-state index is 0.611. The molecule has 0 aliphatic heterocycles. The van der Waals surface area contributed by atoms with Gasteiger partial charge in [-0.15, -0.1) is 0 Å². The van der Waals surface area contributed by atoms with E-state index in [2.05, 4.69) is 9.97 Å². The second kappa shape index (κ2) is 5.50. The molecule has 1 N–H and O–H groups in total. The van der Waals surface area contributed by atoms with E-state index in [0.717, 1.165) is 0 Å². The third kappa shape index (κ3) is 11.1. The van der Waals surface area contributed by atoms with E-state index in [4.69, 9.17) is 0 Å². The molecule has 0 aliphatic carbocycles. The highest BCUT2D eigenvalue weighted by Crippen LogP contribution is 1.62. The van der Waals surface area contributed by atoms with Crippen LogP contribution in [0.5, 0.6) is 0 Å². The van der Waals surface area contributed by atoms with Gasteiger partial charge in [0.1, 0.15) is 0 Å². The van der Waals surface area contributed by atoms with Gasteiger partial charge in [0.2, 0.25) is 0 Å². The highest BCUT2D eigenvalue weighted by atomic mass is 32.2. The highest BCUT2D eigenvalue weighted by Gasteiger charge is 1.57. The first-order valence-electron chi connectivity index (χ1n) is 2.41. The van der Waals surface area contributed by atoms with Crippen LogP contribution in [0.1, 0.15) is 0 Å². The summed E-state index contributed by atoms with van der Waals surface area (Å²) in [5, 5.41) is 0. The lowest BCUT2D eigenvalue weighted by atomic mass is 11.0. The van der Waals surface area contributed by atoms with Crippen molar-refractivity contribution in [1.29, 1.82) is 0 Å². The van der Waals surface area contributed by atoms with Crippen molar-refractivity contribution in [3.8, 4) is 0 Å². The van der Waals surface area contributed by atoms with Crippen molar-refractivity contribution in [2.45, 2.75) is 0 Å². The summed E-state index contributed by atoms with van der Waals surface area (Å²) in [6, 6.07) is 0. The number of hydrogen-bond donors (Lipinski definition) is 1. The van der Waals surface area contributed by atoms with Crippen molar-refractivity contribution >= 4 is 10.8 Å². The maximum Gasteiger partial charge on any atom is 0.0919 e. The summed E-state index contributed by atoms with van der Waals surface area (Å²) < 4.78 is 9.56. The van der Waals surface area contributed by atoms with Gasteiger partial charge < -0.3 is 4.98 Å². The standard InChI is InChI=1S/C3H4N2.C2H6OS/c1-2-5-3-4-1;1-4(2)3/h1-3H,(H,4,5);1-2H3. The molecule has 0 unspecified atom stereocenters. The van der Waals surface area contributed by atoms with Crippen LogP contribution in [0.4, 0.5) is 0 Å². The molecule has 1 aromatic rings. The minimum Gasteiger partial charge on any atom is -0.351 e. The van der Waals surface area contributed by atoms with Gasteiger partial charge in [0.25, 0.3) is 0 Å². The molecule has 0 fully saturated rings. The molecule has 0 aliphatic rings. The number of rotatable bonds is 0. The predicted molar refractivity (Wildman–Crippen MR) is 38.6 cm³/mol. The second-order valence-corrected chi connectivity index (χ2v) is 2.99. The number of imidazole rings is 1. The molecule has 0 radical (unpaired) electrons. The van der Waals surface area contributed by atoms with Gasteiger partial charge >= 0.3 is 0 Å². The zero-order valence-electron chi connectivity index (χ0n) is 5.50. The van der Waals surface area contributed by atoms with Crippen LogP contribution in [0.3, 0.4) is 0 Å². The quantitative estimate of drug-likeness (QED) is 0.576. The fourth-order valence-corrected chi connectivity index (χ4v) is 0.215. The van der Waals surface area contributed by atoms with E-state index in [0.29, 0.717) is 0 Å². The Labute approximate surface area is 57.0 Å². The fourth-order valence-electron chi connectivity index (χ4n) is 0.215. The Kier molecular flexibility index (Phi) is 5.11. The number of aromatic nitrogens is 2. The van der Waals surface area contributed by atoms with E-state index in [1.807, 2.05) is 0 Å². The van der Waals surface area contributed by atoms with Crippen LogP contribution in [-0.4, -0.2) is 26.7 Å². The summed E-state index contributed by atoms with van der Waals surface area (Å²) in [5.74, 6) is 0. The van der Waals surface area contributed by atoms with Crippen molar-refractivity contribution in [2.24, 2.45) is 0 Å². The van der Waals surface area contributed by atoms with Crippen LogP contribution in [0.2, 0.25) is 0 Å². The molecule has 52 valence electrons.